The van der Waals surface area contributed by atoms with Gasteiger partial charge >= 0.3 is 0 Å². The SMILES string of the molecule is c1ccc(SCCNC2CCCCCC2)cc1. The minimum Gasteiger partial charge on any atom is -0.313 e. The van der Waals surface area contributed by atoms with Gasteiger partial charge in [0.2, 0.25) is 0 Å². The van der Waals surface area contributed by atoms with Gasteiger partial charge in [0, 0.05) is 23.2 Å². The average Bonchev–Trinajstić information content (AvgIpc) is 2.65. The van der Waals surface area contributed by atoms with Gasteiger partial charge in [-0.05, 0) is 25.0 Å². The third-order valence-electron chi connectivity index (χ3n) is 3.40. The Morgan fingerprint density at radius 2 is 1.71 bits per heavy atom. The van der Waals surface area contributed by atoms with Crippen LogP contribution in [0.4, 0.5) is 0 Å². The first kappa shape index (κ1) is 13.0. The van der Waals surface area contributed by atoms with Crippen LogP contribution >= 0.6 is 11.8 Å². The van der Waals surface area contributed by atoms with E-state index in [0.717, 1.165) is 12.6 Å². The van der Waals surface area contributed by atoms with Gasteiger partial charge in [0.1, 0.15) is 0 Å². The molecule has 1 aromatic carbocycles. The zero-order valence-corrected chi connectivity index (χ0v) is 11.3. The fourth-order valence-corrected chi connectivity index (χ4v) is 3.24. The lowest BCUT2D eigenvalue weighted by Gasteiger charge is -2.15. The summed E-state index contributed by atoms with van der Waals surface area (Å²) < 4.78 is 0. The van der Waals surface area contributed by atoms with Crippen molar-refractivity contribution in [2.45, 2.75) is 49.5 Å². The molecule has 2 heteroatoms. The van der Waals surface area contributed by atoms with Gasteiger partial charge in [-0.25, -0.2) is 0 Å². The molecule has 1 saturated carbocycles. The molecular formula is C15H23NS. The summed E-state index contributed by atoms with van der Waals surface area (Å²) in [4.78, 5) is 1.38. The Hall–Kier alpha value is -0.470. The normalized spacial score (nSPS) is 17.9. The lowest BCUT2D eigenvalue weighted by Crippen LogP contribution is -2.30. The molecule has 94 valence electrons. The summed E-state index contributed by atoms with van der Waals surface area (Å²) in [6.07, 6.45) is 8.49. The van der Waals surface area contributed by atoms with E-state index in [9.17, 15) is 0 Å². The molecule has 2 rings (SSSR count). The van der Waals surface area contributed by atoms with Crippen molar-refractivity contribution in [2.24, 2.45) is 0 Å². The zero-order chi connectivity index (χ0) is 11.8. The van der Waals surface area contributed by atoms with E-state index in [-0.39, 0.29) is 0 Å². The molecule has 0 radical (unpaired) electrons. The van der Waals surface area contributed by atoms with Crippen molar-refractivity contribution in [2.75, 3.05) is 12.3 Å². The van der Waals surface area contributed by atoms with E-state index in [2.05, 4.69) is 35.6 Å². The number of nitrogens with one attached hydrogen (secondary N) is 1. The van der Waals surface area contributed by atoms with Crippen LogP contribution in [0, 0.1) is 0 Å². The first-order valence-electron chi connectivity index (χ1n) is 6.86. The fourth-order valence-electron chi connectivity index (χ4n) is 2.43. The minimum absolute atomic E-state index is 0.786. The molecule has 1 N–H and O–H groups in total. The van der Waals surface area contributed by atoms with Crippen molar-refractivity contribution in [3.63, 3.8) is 0 Å². The first-order valence-corrected chi connectivity index (χ1v) is 7.85. The van der Waals surface area contributed by atoms with Gasteiger partial charge in [-0.15, -0.1) is 11.8 Å². The van der Waals surface area contributed by atoms with Crippen LogP contribution in [0.2, 0.25) is 0 Å². The molecule has 0 amide bonds. The van der Waals surface area contributed by atoms with Gasteiger partial charge in [0.15, 0.2) is 0 Å². The van der Waals surface area contributed by atoms with Crippen molar-refractivity contribution in [3.05, 3.63) is 30.3 Å². The van der Waals surface area contributed by atoms with E-state index in [4.69, 9.17) is 0 Å². The second-order valence-corrected chi connectivity index (χ2v) is 5.97. The first-order chi connectivity index (χ1) is 8.45. The quantitative estimate of drug-likeness (QED) is 0.479. The Bertz CT molecular complexity index is 291. The van der Waals surface area contributed by atoms with Gasteiger partial charge in [-0.2, -0.15) is 0 Å². The topological polar surface area (TPSA) is 12.0 Å². The van der Waals surface area contributed by atoms with Crippen LogP contribution < -0.4 is 5.32 Å². The molecule has 17 heavy (non-hydrogen) atoms. The minimum atomic E-state index is 0.786. The van der Waals surface area contributed by atoms with E-state index in [1.54, 1.807) is 0 Å². The number of benzene rings is 1. The maximum Gasteiger partial charge on any atom is 0.0106 e. The Morgan fingerprint density at radius 1 is 1.00 bits per heavy atom. The summed E-state index contributed by atoms with van der Waals surface area (Å²) in [5.74, 6) is 1.18. The Kier molecular flexibility index (Phi) is 5.94. The van der Waals surface area contributed by atoms with E-state index >= 15 is 0 Å². The van der Waals surface area contributed by atoms with Gasteiger partial charge in [0.25, 0.3) is 0 Å². The monoisotopic (exact) mass is 249 g/mol. The smallest absolute Gasteiger partial charge is 0.0106 e. The van der Waals surface area contributed by atoms with Crippen molar-refractivity contribution in [3.8, 4) is 0 Å². The molecule has 0 aliphatic heterocycles. The third-order valence-corrected chi connectivity index (χ3v) is 4.42. The van der Waals surface area contributed by atoms with E-state index in [0.29, 0.717) is 0 Å². The average molecular weight is 249 g/mol. The third kappa shape index (κ3) is 5.13. The van der Waals surface area contributed by atoms with E-state index < -0.39 is 0 Å². The summed E-state index contributed by atoms with van der Waals surface area (Å²) in [5.41, 5.74) is 0. The Labute approximate surface area is 109 Å². The highest BCUT2D eigenvalue weighted by Crippen LogP contribution is 2.18. The van der Waals surface area contributed by atoms with Crippen LogP contribution in [0.15, 0.2) is 35.2 Å². The van der Waals surface area contributed by atoms with E-state index in [1.807, 2.05) is 11.8 Å². The lowest BCUT2D eigenvalue weighted by atomic mass is 10.1. The summed E-state index contributed by atoms with van der Waals surface area (Å²) in [6, 6.07) is 11.5. The number of hydrogen-bond donors (Lipinski definition) is 1. The molecule has 0 saturated heterocycles. The van der Waals surface area contributed by atoms with Gasteiger partial charge in [0.05, 0.1) is 0 Å². The van der Waals surface area contributed by atoms with Gasteiger partial charge < -0.3 is 5.32 Å². The fraction of sp³-hybridized carbons (Fsp3) is 0.600. The molecule has 0 atom stereocenters. The molecule has 0 spiro atoms. The molecule has 0 heterocycles. The second kappa shape index (κ2) is 7.78. The predicted octanol–water partition coefficient (Wildman–Crippen LogP) is 4.09. The van der Waals surface area contributed by atoms with Crippen LogP contribution in [0.5, 0.6) is 0 Å². The molecule has 1 aliphatic carbocycles. The highest BCUT2D eigenvalue weighted by Gasteiger charge is 2.10. The molecule has 1 nitrogen and oxygen atoms in total. The van der Waals surface area contributed by atoms with Crippen LogP contribution in [0.1, 0.15) is 38.5 Å². The molecule has 0 aromatic heterocycles. The Morgan fingerprint density at radius 3 is 2.41 bits per heavy atom. The molecule has 0 bridgehead atoms. The van der Waals surface area contributed by atoms with Gasteiger partial charge in [-0.1, -0.05) is 43.9 Å². The molecular weight excluding hydrogens is 226 g/mol. The highest BCUT2D eigenvalue weighted by molar-refractivity contribution is 7.99. The maximum absolute atomic E-state index is 3.71. The molecule has 0 unspecified atom stereocenters. The lowest BCUT2D eigenvalue weighted by molar-refractivity contribution is 0.474. The molecule has 1 fully saturated rings. The van der Waals surface area contributed by atoms with E-state index in [1.165, 1.54) is 49.2 Å². The van der Waals surface area contributed by atoms with Crippen LogP contribution in [0.3, 0.4) is 0 Å². The number of hydrogen-bond acceptors (Lipinski definition) is 2. The summed E-state index contributed by atoms with van der Waals surface area (Å²) >= 11 is 1.95. The highest BCUT2D eigenvalue weighted by atomic mass is 32.2. The summed E-state index contributed by atoms with van der Waals surface area (Å²) in [7, 11) is 0. The zero-order valence-electron chi connectivity index (χ0n) is 10.5. The van der Waals surface area contributed by atoms with Crippen molar-refractivity contribution < 1.29 is 0 Å². The molecule has 1 aromatic rings. The summed E-state index contributed by atoms with van der Waals surface area (Å²) in [6.45, 7) is 1.14. The standard InChI is InChI=1S/C15H23NS/c1-2-5-9-14(8-4-1)16-12-13-17-15-10-6-3-7-11-15/h3,6-7,10-11,14,16H,1-2,4-5,8-9,12-13H2. The van der Waals surface area contributed by atoms with Crippen molar-refractivity contribution >= 4 is 11.8 Å². The largest absolute Gasteiger partial charge is 0.313 e. The van der Waals surface area contributed by atoms with Crippen LogP contribution in [-0.4, -0.2) is 18.3 Å². The number of rotatable bonds is 5. The predicted molar refractivity (Wildman–Crippen MR) is 76.7 cm³/mol. The Balaban J connectivity index is 1.59. The summed E-state index contributed by atoms with van der Waals surface area (Å²) in [5, 5.41) is 3.71. The van der Waals surface area contributed by atoms with Crippen molar-refractivity contribution in [1.29, 1.82) is 0 Å². The molecule has 1 aliphatic rings. The van der Waals surface area contributed by atoms with Crippen LogP contribution in [0.25, 0.3) is 0 Å². The maximum atomic E-state index is 3.71. The number of thioether (sulfide) groups is 1. The van der Waals surface area contributed by atoms with Crippen LogP contribution in [-0.2, 0) is 0 Å². The van der Waals surface area contributed by atoms with Crippen molar-refractivity contribution in [1.82, 2.24) is 5.32 Å². The second-order valence-electron chi connectivity index (χ2n) is 4.80. The van der Waals surface area contributed by atoms with Gasteiger partial charge in [-0.3, -0.25) is 0 Å².